The number of H-pyrrole nitrogens is 1. The second-order valence-corrected chi connectivity index (χ2v) is 13.0. The molecule has 1 aliphatic heterocycles. The summed E-state index contributed by atoms with van der Waals surface area (Å²) >= 11 is 1.97. The summed E-state index contributed by atoms with van der Waals surface area (Å²) in [6.45, 7) is 15.9. The van der Waals surface area contributed by atoms with E-state index in [4.69, 9.17) is 0 Å². The van der Waals surface area contributed by atoms with Crippen LogP contribution in [0.25, 0.3) is 27.1 Å². The minimum atomic E-state index is 0.264. The molecule has 4 aromatic rings. The Balaban J connectivity index is 1.32. The van der Waals surface area contributed by atoms with Gasteiger partial charge in [0, 0.05) is 48.2 Å². The Morgan fingerprint density at radius 3 is 2.68 bits per heavy atom. The van der Waals surface area contributed by atoms with E-state index in [1.165, 1.54) is 56.6 Å². The second kappa shape index (κ2) is 9.49. The number of nitrogens with one attached hydrogen (secondary N) is 1. The van der Waals surface area contributed by atoms with Crippen LogP contribution in [0.5, 0.6) is 0 Å². The van der Waals surface area contributed by atoms with Crippen LogP contribution in [0.3, 0.4) is 0 Å². The number of rotatable bonds is 7. The molecular formula is C30H40N6OS. The lowest BCUT2D eigenvalue weighted by molar-refractivity contribution is -0.131. The number of likely N-dealkylation sites (tertiary alicyclic amines) is 1. The molecule has 0 aromatic carbocycles. The fourth-order valence-electron chi connectivity index (χ4n) is 7.16. The summed E-state index contributed by atoms with van der Waals surface area (Å²) in [5, 5.41) is 5.86. The highest BCUT2D eigenvalue weighted by Gasteiger charge is 2.46. The largest absolute Gasteiger partial charge is 0.346 e. The van der Waals surface area contributed by atoms with Gasteiger partial charge in [0.15, 0.2) is 5.65 Å². The molecule has 7 nitrogen and oxygen atoms in total. The van der Waals surface area contributed by atoms with Crippen molar-refractivity contribution in [2.24, 2.45) is 5.92 Å². The molecule has 5 heterocycles. The number of amides is 1. The summed E-state index contributed by atoms with van der Waals surface area (Å²) in [6.07, 6.45) is 7.17. The van der Waals surface area contributed by atoms with Gasteiger partial charge in [0.1, 0.15) is 11.2 Å². The third-order valence-electron chi connectivity index (χ3n) is 9.25. The number of hydrogen-bond acceptors (Lipinski definition) is 5. The molecule has 8 heteroatoms. The van der Waals surface area contributed by atoms with Gasteiger partial charge in [0.25, 0.3) is 0 Å². The molecule has 2 bridgehead atoms. The Morgan fingerprint density at radius 2 is 2.00 bits per heavy atom. The Labute approximate surface area is 229 Å². The quantitative estimate of drug-likeness (QED) is 0.315. The molecule has 38 heavy (non-hydrogen) atoms. The lowest BCUT2D eigenvalue weighted by Gasteiger charge is -2.32. The van der Waals surface area contributed by atoms with Crippen molar-refractivity contribution < 1.29 is 4.79 Å². The van der Waals surface area contributed by atoms with Crippen LogP contribution in [0, 0.1) is 26.7 Å². The predicted octanol–water partition coefficient (Wildman–Crippen LogP) is 6.03. The van der Waals surface area contributed by atoms with Crippen LogP contribution < -0.4 is 0 Å². The van der Waals surface area contributed by atoms with Crippen molar-refractivity contribution in [3.63, 3.8) is 0 Å². The summed E-state index contributed by atoms with van der Waals surface area (Å²) in [5.74, 6) is 1.91. The highest BCUT2D eigenvalue weighted by atomic mass is 32.1. The van der Waals surface area contributed by atoms with E-state index in [0.29, 0.717) is 30.3 Å². The minimum absolute atomic E-state index is 0.264. The molecule has 1 N–H and O–H groups in total. The van der Waals surface area contributed by atoms with E-state index in [1.807, 2.05) is 27.8 Å². The van der Waals surface area contributed by atoms with Crippen molar-refractivity contribution in [3.8, 4) is 11.3 Å². The van der Waals surface area contributed by atoms with E-state index in [2.05, 4.69) is 67.7 Å². The highest BCUT2D eigenvalue weighted by Crippen LogP contribution is 2.53. The van der Waals surface area contributed by atoms with E-state index in [-0.39, 0.29) is 5.91 Å². The van der Waals surface area contributed by atoms with Crippen LogP contribution in [0.1, 0.15) is 79.0 Å². The predicted molar refractivity (Wildman–Crippen MR) is 155 cm³/mol. The van der Waals surface area contributed by atoms with Gasteiger partial charge in [-0.2, -0.15) is 5.10 Å². The lowest BCUT2D eigenvalue weighted by Crippen LogP contribution is -2.43. The third kappa shape index (κ3) is 3.90. The maximum atomic E-state index is 12.7. The second-order valence-electron chi connectivity index (χ2n) is 11.9. The van der Waals surface area contributed by atoms with Gasteiger partial charge in [-0.3, -0.25) is 9.69 Å². The number of thiophene rings is 1. The monoisotopic (exact) mass is 532 g/mol. The molecule has 202 valence electrons. The number of fused-ring (bicyclic) bond motifs is 4. The smallest absolute Gasteiger partial charge is 0.236 e. The van der Waals surface area contributed by atoms with Crippen LogP contribution in [-0.2, 0) is 4.79 Å². The first-order chi connectivity index (χ1) is 18.2. The van der Waals surface area contributed by atoms with Gasteiger partial charge < -0.3 is 9.88 Å². The summed E-state index contributed by atoms with van der Waals surface area (Å²) in [6, 6.07) is 0.531. The molecular weight excluding hydrogens is 492 g/mol. The first-order valence-electron chi connectivity index (χ1n) is 14.1. The summed E-state index contributed by atoms with van der Waals surface area (Å²) in [7, 11) is 1.94. The Morgan fingerprint density at radius 1 is 1.21 bits per heavy atom. The number of nitrogens with zero attached hydrogens (tertiary/aromatic N) is 5. The van der Waals surface area contributed by atoms with Gasteiger partial charge in [0.05, 0.1) is 12.2 Å². The van der Waals surface area contributed by atoms with E-state index < -0.39 is 0 Å². The number of aromatic amines is 1. The average molecular weight is 533 g/mol. The Kier molecular flexibility index (Phi) is 6.38. The van der Waals surface area contributed by atoms with Crippen molar-refractivity contribution in [2.75, 3.05) is 26.7 Å². The number of aryl methyl sites for hydroxylation is 2. The fraction of sp³-hybridized carbons (Fsp3) is 0.567. The molecule has 2 fully saturated rings. The number of piperidine rings is 1. The summed E-state index contributed by atoms with van der Waals surface area (Å²) < 4.78 is 1.90. The van der Waals surface area contributed by atoms with E-state index in [0.717, 1.165) is 25.2 Å². The first kappa shape index (κ1) is 25.6. The first-order valence-corrected chi connectivity index (χ1v) is 14.9. The topological polar surface area (TPSA) is 69.5 Å². The van der Waals surface area contributed by atoms with Crippen LogP contribution in [-0.4, -0.2) is 68.0 Å². The van der Waals surface area contributed by atoms with Gasteiger partial charge in [-0.1, -0.05) is 20.8 Å². The maximum Gasteiger partial charge on any atom is 0.236 e. The molecule has 6 rings (SSSR count). The molecule has 0 spiro atoms. The molecule has 1 unspecified atom stereocenters. The molecule has 3 atom stereocenters. The minimum Gasteiger partial charge on any atom is -0.346 e. The zero-order chi connectivity index (χ0) is 26.9. The molecule has 1 aliphatic carbocycles. The maximum absolute atomic E-state index is 12.7. The van der Waals surface area contributed by atoms with Crippen LogP contribution in [0.2, 0.25) is 0 Å². The van der Waals surface area contributed by atoms with Crippen molar-refractivity contribution in [1.29, 1.82) is 0 Å². The summed E-state index contributed by atoms with van der Waals surface area (Å²) in [4.78, 5) is 28.2. The van der Waals surface area contributed by atoms with Crippen molar-refractivity contribution in [1.82, 2.24) is 29.4 Å². The van der Waals surface area contributed by atoms with Gasteiger partial charge in [-0.15, -0.1) is 11.3 Å². The van der Waals surface area contributed by atoms with E-state index >= 15 is 0 Å². The Bertz CT molecular complexity index is 1530. The van der Waals surface area contributed by atoms with Gasteiger partial charge in [0.2, 0.25) is 5.91 Å². The molecule has 1 saturated heterocycles. The molecule has 1 saturated carbocycles. The standard InChI is InChI=1S/C30H40N6OS/c1-8-9-34(7)24(37)14-35-12-20-10-21(35)11-22(20)28-19(6)26-25(16(2)3)27(33-30(26)38-28)23-13-36-29(31-15-32-36)18(5)17(23)4/h13,15-16,20-22,33H,8-12,14H2,1-7H3/t20-,21?,22+/m0/s1. The number of pyridine rings is 1. The van der Waals surface area contributed by atoms with Crippen molar-refractivity contribution in [3.05, 3.63) is 39.7 Å². The van der Waals surface area contributed by atoms with Crippen LogP contribution in [0.4, 0.5) is 0 Å². The van der Waals surface area contributed by atoms with Gasteiger partial charge >= 0.3 is 0 Å². The highest BCUT2D eigenvalue weighted by molar-refractivity contribution is 7.19. The fourth-order valence-corrected chi connectivity index (χ4v) is 8.60. The number of carbonyl (C=O) groups excluding carboxylic acids is 1. The third-order valence-corrected chi connectivity index (χ3v) is 10.6. The van der Waals surface area contributed by atoms with E-state index in [9.17, 15) is 4.79 Å². The van der Waals surface area contributed by atoms with Crippen molar-refractivity contribution in [2.45, 2.75) is 78.7 Å². The molecule has 2 aliphatic rings. The number of likely N-dealkylation sites (N-methyl/N-ethyl adjacent to an activating group) is 1. The van der Waals surface area contributed by atoms with Gasteiger partial charge in [-0.25, -0.2) is 9.50 Å². The van der Waals surface area contributed by atoms with Crippen molar-refractivity contribution >= 4 is 33.1 Å². The number of aromatic nitrogens is 4. The molecule has 0 radical (unpaired) electrons. The van der Waals surface area contributed by atoms with Crippen LogP contribution in [0.15, 0.2) is 12.5 Å². The average Bonchev–Trinajstić information content (AvgIpc) is 3.68. The van der Waals surface area contributed by atoms with Gasteiger partial charge in [-0.05, 0) is 80.0 Å². The molecule has 1 amide bonds. The normalized spacial score (nSPS) is 21.5. The zero-order valence-electron chi connectivity index (χ0n) is 23.8. The zero-order valence-corrected chi connectivity index (χ0v) is 24.6. The number of carbonyl (C=O) groups is 1. The SMILES string of the molecule is CCCN(C)C(=O)CN1C[C@@H]2CC1C[C@H]2c1sc2[nH]c(-c3cn4ncnc4c(C)c3C)c(C(C)C)c2c1C. The Hall–Kier alpha value is -2.71. The molecule has 4 aromatic heterocycles. The van der Waals surface area contributed by atoms with E-state index in [1.54, 1.807) is 11.2 Å². The summed E-state index contributed by atoms with van der Waals surface area (Å²) in [5.41, 5.74) is 8.66. The van der Waals surface area contributed by atoms with Crippen LogP contribution >= 0.6 is 11.3 Å². The lowest BCUT2D eigenvalue weighted by atomic mass is 9.88. The number of hydrogen-bond donors (Lipinski definition) is 1.